The number of carbonyl (C=O) groups is 1. The van der Waals surface area contributed by atoms with E-state index in [1.54, 1.807) is 5.51 Å². The Morgan fingerprint density at radius 3 is 2.76 bits per heavy atom. The first kappa shape index (κ1) is 18.7. The lowest BCUT2D eigenvalue weighted by Gasteiger charge is -2.60. The third-order valence-electron chi connectivity index (χ3n) is 6.72. The van der Waals surface area contributed by atoms with Crippen molar-refractivity contribution in [3.8, 4) is 0 Å². The van der Waals surface area contributed by atoms with Gasteiger partial charge in [0, 0.05) is 11.8 Å². The first-order valence-corrected chi connectivity index (χ1v) is 9.72. The highest BCUT2D eigenvalue weighted by Gasteiger charge is 2.58. The molecule has 3 rings (SSSR count). The fraction of sp³-hybridized carbons (Fsp3) is 0.824. The molecule has 1 aromatic rings. The van der Waals surface area contributed by atoms with E-state index >= 15 is 0 Å². The number of aliphatic hydroxyl groups is 3. The van der Waals surface area contributed by atoms with Crippen LogP contribution in [0.2, 0.25) is 0 Å². The Labute approximate surface area is 151 Å². The van der Waals surface area contributed by atoms with Gasteiger partial charge in [-0.3, -0.25) is 4.79 Å². The van der Waals surface area contributed by atoms with E-state index in [0.717, 1.165) is 12.8 Å². The Morgan fingerprint density at radius 1 is 1.36 bits per heavy atom. The predicted octanol–water partition coefficient (Wildman–Crippen LogP) is 1.41. The second-order valence-corrected chi connectivity index (χ2v) is 8.86. The minimum absolute atomic E-state index is 0.0662. The quantitative estimate of drug-likeness (QED) is 0.638. The maximum absolute atomic E-state index is 12.5. The fourth-order valence-corrected chi connectivity index (χ4v) is 5.66. The third-order valence-corrected chi connectivity index (χ3v) is 7.33. The van der Waals surface area contributed by atoms with Gasteiger partial charge in [-0.25, -0.2) is 0 Å². The lowest BCUT2D eigenvalue weighted by Crippen LogP contribution is -2.60. The molecule has 1 aromatic heterocycles. The smallest absolute Gasteiger partial charge is 0.226 e. The number of hydrogen-bond donors (Lipinski definition) is 4. The van der Waals surface area contributed by atoms with Crippen LogP contribution < -0.4 is 5.32 Å². The zero-order chi connectivity index (χ0) is 18.2. The van der Waals surface area contributed by atoms with Crippen LogP contribution in [0.3, 0.4) is 0 Å². The van der Waals surface area contributed by atoms with Gasteiger partial charge in [-0.15, -0.1) is 10.2 Å². The molecule has 0 spiro atoms. The molecule has 25 heavy (non-hydrogen) atoms. The van der Waals surface area contributed by atoms with Crippen molar-refractivity contribution < 1.29 is 20.1 Å². The highest BCUT2D eigenvalue weighted by atomic mass is 32.1. The van der Waals surface area contributed by atoms with Gasteiger partial charge >= 0.3 is 0 Å². The molecule has 0 radical (unpaired) electrons. The van der Waals surface area contributed by atoms with E-state index in [1.165, 1.54) is 11.3 Å². The number of fused-ring (bicyclic) bond motifs is 1. The predicted molar refractivity (Wildman–Crippen MR) is 93.9 cm³/mol. The van der Waals surface area contributed by atoms with Crippen molar-refractivity contribution in [2.75, 3.05) is 11.9 Å². The van der Waals surface area contributed by atoms with Crippen molar-refractivity contribution in [3.63, 3.8) is 0 Å². The third kappa shape index (κ3) is 3.20. The summed E-state index contributed by atoms with van der Waals surface area (Å²) in [5.74, 6) is -0.325. The molecule has 2 aliphatic rings. The van der Waals surface area contributed by atoms with E-state index in [0.29, 0.717) is 18.0 Å². The summed E-state index contributed by atoms with van der Waals surface area (Å²) >= 11 is 1.26. The summed E-state index contributed by atoms with van der Waals surface area (Å²) in [6.45, 7) is 3.94. The fourth-order valence-electron chi connectivity index (χ4n) is 5.20. The Morgan fingerprint density at radius 2 is 2.12 bits per heavy atom. The Bertz CT molecular complexity index is 613. The van der Waals surface area contributed by atoms with Gasteiger partial charge in [0.05, 0.1) is 18.8 Å². The number of nitrogens with zero attached hydrogens (tertiary/aromatic N) is 2. The van der Waals surface area contributed by atoms with E-state index in [-0.39, 0.29) is 36.2 Å². The van der Waals surface area contributed by atoms with Crippen LogP contribution in [0.1, 0.15) is 46.0 Å². The van der Waals surface area contributed by atoms with Crippen LogP contribution in [-0.2, 0) is 4.79 Å². The largest absolute Gasteiger partial charge is 0.396 e. The van der Waals surface area contributed by atoms with Crippen LogP contribution in [0, 0.1) is 22.7 Å². The maximum Gasteiger partial charge on any atom is 0.226 e. The number of rotatable bonds is 4. The maximum atomic E-state index is 12.5. The SMILES string of the molecule is CC1(CO)C(O)CCC2(C)C(CC(=O)Nc3nncs3)C(O)CCC12. The highest BCUT2D eigenvalue weighted by molar-refractivity contribution is 7.13. The van der Waals surface area contributed by atoms with Crippen molar-refractivity contribution in [1.29, 1.82) is 0 Å². The molecular formula is C17H27N3O4S. The minimum atomic E-state index is -0.596. The normalized spacial score (nSPS) is 41.2. The van der Waals surface area contributed by atoms with Crippen LogP contribution in [0.5, 0.6) is 0 Å². The Balaban J connectivity index is 1.81. The first-order chi connectivity index (χ1) is 11.8. The zero-order valence-electron chi connectivity index (χ0n) is 14.7. The van der Waals surface area contributed by atoms with Gasteiger partial charge in [0.25, 0.3) is 0 Å². The number of amides is 1. The highest BCUT2D eigenvalue weighted by Crippen LogP contribution is 2.60. The van der Waals surface area contributed by atoms with Gasteiger partial charge < -0.3 is 20.6 Å². The van der Waals surface area contributed by atoms with Crippen molar-refractivity contribution in [2.45, 2.75) is 58.2 Å². The second-order valence-electron chi connectivity index (χ2n) is 8.02. The second kappa shape index (κ2) is 6.90. The van der Waals surface area contributed by atoms with Crippen LogP contribution in [-0.4, -0.2) is 50.2 Å². The molecule has 6 atom stereocenters. The van der Waals surface area contributed by atoms with Gasteiger partial charge in [-0.2, -0.15) is 0 Å². The average Bonchev–Trinajstić information content (AvgIpc) is 3.08. The van der Waals surface area contributed by atoms with E-state index in [1.807, 2.05) is 6.92 Å². The van der Waals surface area contributed by atoms with Crippen molar-refractivity contribution in [3.05, 3.63) is 5.51 Å². The summed E-state index contributed by atoms with van der Waals surface area (Å²) in [7, 11) is 0. The molecule has 7 nitrogen and oxygen atoms in total. The van der Waals surface area contributed by atoms with Gasteiger partial charge in [0.1, 0.15) is 5.51 Å². The van der Waals surface area contributed by atoms with Crippen molar-refractivity contribution in [1.82, 2.24) is 10.2 Å². The number of aromatic nitrogens is 2. The van der Waals surface area contributed by atoms with E-state index in [9.17, 15) is 20.1 Å². The molecule has 0 aliphatic heterocycles. The van der Waals surface area contributed by atoms with E-state index in [4.69, 9.17) is 0 Å². The standard InChI is InChI=1S/C17H27N3O4S/c1-16-6-5-13(23)17(2,8-21)12(16)4-3-11(22)10(16)7-14(24)19-15-20-18-9-25-15/h9-13,21-23H,3-8H2,1-2H3,(H,19,20,24). The number of carbonyl (C=O) groups excluding carboxylic acids is 1. The van der Waals surface area contributed by atoms with Crippen LogP contribution in [0.4, 0.5) is 5.13 Å². The van der Waals surface area contributed by atoms with Crippen molar-refractivity contribution >= 4 is 22.4 Å². The van der Waals surface area contributed by atoms with Crippen LogP contribution in [0.15, 0.2) is 5.51 Å². The number of nitrogens with one attached hydrogen (secondary N) is 1. The molecule has 1 heterocycles. The Kier molecular flexibility index (Phi) is 5.16. The molecule has 2 saturated carbocycles. The van der Waals surface area contributed by atoms with Gasteiger partial charge in [0.2, 0.25) is 11.0 Å². The lowest BCUT2D eigenvalue weighted by atomic mass is 9.46. The summed E-state index contributed by atoms with van der Waals surface area (Å²) in [5.41, 5.74) is 0.658. The summed E-state index contributed by atoms with van der Waals surface area (Å²) in [6, 6.07) is 0. The van der Waals surface area contributed by atoms with Gasteiger partial charge in [-0.05, 0) is 42.9 Å². The summed E-state index contributed by atoms with van der Waals surface area (Å²) in [6.07, 6.45) is 1.74. The molecule has 4 N–H and O–H groups in total. The van der Waals surface area contributed by atoms with Crippen LogP contribution >= 0.6 is 11.3 Å². The molecule has 1 amide bonds. The zero-order valence-corrected chi connectivity index (χ0v) is 15.5. The molecule has 8 heteroatoms. The molecule has 6 unspecified atom stereocenters. The molecular weight excluding hydrogens is 342 g/mol. The summed E-state index contributed by atoms with van der Waals surface area (Å²) < 4.78 is 0. The molecule has 140 valence electrons. The number of anilines is 1. The van der Waals surface area contributed by atoms with Crippen molar-refractivity contribution in [2.24, 2.45) is 22.7 Å². The molecule has 0 aromatic carbocycles. The molecule has 0 bridgehead atoms. The molecule has 0 saturated heterocycles. The summed E-state index contributed by atoms with van der Waals surface area (Å²) in [4.78, 5) is 12.5. The number of hydrogen-bond acceptors (Lipinski definition) is 7. The van der Waals surface area contributed by atoms with Crippen LogP contribution in [0.25, 0.3) is 0 Å². The monoisotopic (exact) mass is 369 g/mol. The number of aliphatic hydroxyl groups excluding tert-OH is 3. The lowest BCUT2D eigenvalue weighted by molar-refractivity contribution is -0.185. The molecule has 2 aliphatic carbocycles. The average molecular weight is 369 g/mol. The van der Waals surface area contributed by atoms with E-state index in [2.05, 4.69) is 22.4 Å². The first-order valence-electron chi connectivity index (χ1n) is 8.84. The topological polar surface area (TPSA) is 116 Å². The Hall–Kier alpha value is -1.09. The van der Waals surface area contributed by atoms with E-state index < -0.39 is 17.6 Å². The van der Waals surface area contributed by atoms with Gasteiger partial charge in [-0.1, -0.05) is 25.2 Å². The summed E-state index contributed by atoms with van der Waals surface area (Å²) in [5, 5.41) is 41.8. The minimum Gasteiger partial charge on any atom is -0.396 e. The molecule has 2 fully saturated rings. The van der Waals surface area contributed by atoms with Gasteiger partial charge in [0.15, 0.2) is 0 Å².